The molecule has 19 heavy (non-hydrogen) atoms. The van der Waals surface area contributed by atoms with Crippen LogP contribution in [0.5, 0.6) is 0 Å². The molecule has 0 bridgehead atoms. The van der Waals surface area contributed by atoms with Crippen LogP contribution in [0, 0.1) is 6.92 Å². The molecule has 0 aromatic carbocycles. The van der Waals surface area contributed by atoms with Crippen molar-refractivity contribution in [2.75, 3.05) is 27.3 Å². The number of hydrogen-bond acceptors (Lipinski definition) is 5. The minimum absolute atomic E-state index is 0.0415. The second-order valence-corrected chi connectivity index (χ2v) is 8.10. The molecular formula is C12H20N2O3S2. The van der Waals surface area contributed by atoms with E-state index in [0.29, 0.717) is 24.0 Å². The third kappa shape index (κ3) is 3.00. The molecule has 7 heteroatoms. The Morgan fingerprint density at radius 2 is 2.32 bits per heavy atom. The van der Waals surface area contributed by atoms with Crippen LogP contribution in [0.4, 0.5) is 0 Å². The van der Waals surface area contributed by atoms with Crippen LogP contribution < -0.4 is 5.32 Å². The summed E-state index contributed by atoms with van der Waals surface area (Å²) in [6.45, 7) is 3.77. The van der Waals surface area contributed by atoms with Crippen LogP contribution >= 0.6 is 11.3 Å². The fraction of sp³-hybridized carbons (Fsp3) is 0.667. The van der Waals surface area contributed by atoms with Crippen molar-refractivity contribution in [2.45, 2.75) is 30.1 Å². The minimum Gasteiger partial charge on any atom is -0.380 e. The van der Waals surface area contributed by atoms with Gasteiger partial charge in [-0.25, -0.2) is 8.42 Å². The van der Waals surface area contributed by atoms with E-state index in [9.17, 15) is 8.42 Å². The Morgan fingerprint density at radius 3 is 2.89 bits per heavy atom. The normalized spacial score (nSPS) is 20.3. The highest BCUT2D eigenvalue weighted by Crippen LogP contribution is 2.29. The summed E-state index contributed by atoms with van der Waals surface area (Å²) in [7, 11) is 0.0985. The molecule has 108 valence electrons. The Labute approximate surface area is 118 Å². The summed E-state index contributed by atoms with van der Waals surface area (Å²) in [5.41, 5.74) is 1.02. The Balaban J connectivity index is 2.25. The van der Waals surface area contributed by atoms with Crippen LogP contribution in [0.25, 0.3) is 0 Å². The maximum Gasteiger partial charge on any atom is 0.252 e. The van der Waals surface area contributed by atoms with Gasteiger partial charge in [-0.15, -0.1) is 11.3 Å². The average Bonchev–Trinajstić information content (AvgIpc) is 2.99. The maximum atomic E-state index is 12.5. The standard InChI is InChI=1S/C12H20N2O3S2/c1-9-6-12(18-11(9)7-13-2)19(15,16)14(3)10-4-5-17-8-10/h6,10,13H,4-5,7-8H2,1-3H3. The molecule has 1 N–H and O–H groups in total. The van der Waals surface area contributed by atoms with Gasteiger partial charge < -0.3 is 10.1 Å². The van der Waals surface area contributed by atoms with E-state index in [1.807, 2.05) is 14.0 Å². The van der Waals surface area contributed by atoms with Crippen molar-refractivity contribution in [3.63, 3.8) is 0 Å². The Hall–Kier alpha value is -0.470. The number of nitrogens with zero attached hydrogens (tertiary/aromatic N) is 1. The molecule has 2 heterocycles. The number of aryl methyl sites for hydroxylation is 1. The van der Waals surface area contributed by atoms with Crippen LogP contribution in [-0.2, 0) is 21.3 Å². The SMILES string of the molecule is CNCc1sc(S(=O)(=O)N(C)C2CCOC2)cc1C. The van der Waals surface area contributed by atoms with Crippen molar-refractivity contribution in [3.05, 3.63) is 16.5 Å². The molecule has 1 aromatic rings. The molecule has 1 unspecified atom stereocenters. The summed E-state index contributed by atoms with van der Waals surface area (Å²) in [5.74, 6) is 0. The summed E-state index contributed by atoms with van der Waals surface area (Å²) in [5, 5.41) is 3.06. The molecule has 1 aliphatic rings. The van der Waals surface area contributed by atoms with Crippen molar-refractivity contribution in [3.8, 4) is 0 Å². The molecule has 1 atom stereocenters. The van der Waals surface area contributed by atoms with Gasteiger partial charge in [0.1, 0.15) is 4.21 Å². The van der Waals surface area contributed by atoms with Crippen molar-refractivity contribution in [1.82, 2.24) is 9.62 Å². The highest BCUT2D eigenvalue weighted by Gasteiger charge is 2.32. The summed E-state index contributed by atoms with van der Waals surface area (Å²) < 4.78 is 32.2. The molecule has 1 aromatic heterocycles. The van der Waals surface area contributed by atoms with Gasteiger partial charge in [0, 0.05) is 25.1 Å². The number of sulfonamides is 1. The highest BCUT2D eigenvalue weighted by atomic mass is 32.2. The lowest BCUT2D eigenvalue weighted by Crippen LogP contribution is -2.36. The number of rotatable bonds is 5. The van der Waals surface area contributed by atoms with Crippen LogP contribution in [0.1, 0.15) is 16.9 Å². The number of ether oxygens (including phenoxy) is 1. The van der Waals surface area contributed by atoms with E-state index in [4.69, 9.17) is 4.74 Å². The van der Waals surface area contributed by atoms with E-state index in [1.54, 1.807) is 13.1 Å². The quantitative estimate of drug-likeness (QED) is 0.887. The van der Waals surface area contributed by atoms with Crippen LogP contribution in [-0.4, -0.2) is 46.1 Å². The maximum absolute atomic E-state index is 12.5. The van der Waals surface area contributed by atoms with Gasteiger partial charge in [0.05, 0.1) is 12.6 Å². The van der Waals surface area contributed by atoms with E-state index >= 15 is 0 Å². The summed E-state index contributed by atoms with van der Waals surface area (Å²) >= 11 is 1.35. The molecule has 5 nitrogen and oxygen atoms in total. The molecule has 0 aliphatic carbocycles. The second-order valence-electron chi connectivity index (χ2n) is 4.74. The van der Waals surface area contributed by atoms with E-state index in [-0.39, 0.29) is 6.04 Å². The van der Waals surface area contributed by atoms with Gasteiger partial charge in [-0.05, 0) is 32.0 Å². The van der Waals surface area contributed by atoms with Crippen molar-refractivity contribution >= 4 is 21.4 Å². The summed E-state index contributed by atoms with van der Waals surface area (Å²) in [6, 6.07) is 1.72. The Morgan fingerprint density at radius 1 is 1.58 bits per heavy atom. The third-order valence-corrected chi connectivity index (χ3v) is 6.98. The predicted octanol–water partition coefficient (Wildman–Crippen LogP) is 1.19. The minimum atomic E-state index is -3.40. The lowest BCUT2D eigenvalue weighted by atomic mass is 10.3. The zero-order valence-electron chi connectivity index (χ0n) is 11.5. The fourth-order valence-electron chi connectivity index (χ4n) is 2.10. The summed E-state index contributed by atoms with van der Waals surface area (Å²) in [4.78, 5) is 1.07. The molecule has 1 aliphatic heterocycles. The smallest absolute Gasteiger partial charge is 0.252 e. The van der Waals surface area contributed by atoms with Gasteiger partial charge in [0.25, 0.3) is 10.0 Å². The third-order valence-electron chi connectivity index (χ3n) is 3.39. The van der Waals surface area contributed by atoms with Crippen molar-refractivity contribution < 1.29 is 13.2 Å². The fourth-order valence-corrected chi connectivity index (χ4v) is 5.26. The molecule has 0 radical (unpaired) electrons. The molecule has 1 fully saturated rings. The molecule has 0 spiro atoms. The molecule has 0 amide bonds. The molecule has 2 rings (SSSR count). The molecular weight excluding hydrogens is 284 g/mol. The zero-order chi connectivity index (χ0) is 14.0. The number of likely N-dealkylation sites (N-methyl/N-ethyl adjacent to an activating group) is 1. The summed E-state index contributed by atoms with van der Waals surface area (Å²) in [6.07, 6.45) is 0.767. The number of nitrogens with one attached hydrogen (secondary N) is 1. The Bertz CT molecular complexity index is 533. The van der Waals surface area contributed by atoms with E-state index in [0.717, 1.165) is 16.9 Å². The van der Waals surface area contributed by atoms with Crippen LogP contribution in [0.3, 0.4) is 0 Å². The van der Waals surface area contributed by atoms with Crippen molar-refractivity contribution in [2.24, 2.45) is 0 Å². The topological polar surface area (TPSA) is 58.6 Å². The van der Waals surface area contributed by atoms with Gasteiger partial charge in [-0.3, -0.25) is 0 Å². The van der Waals surface area contributed by atoms with Gasteiger partial charge in [-0.1, -0.05) is 0 Å². The first kappa shape index (κ1) is 14.9. The van der Waals surface area contributed by atoms with Gasteiger partial charge in [0.15, 0.2) is 0 Å². The van der Waals surface area contributed by atoms with Gasteiger partial charge in [-0.2, -0.15) is 4.31 Å². The van der Waals surface area contributed by atoms with Crippen LogP contribution in [0.2, 0.25) is 0 Å². The predicted molar refractivity (Wildman–Crippen MR) is 76.0 cm³/mol. The van der Waals surface area contributed by atoms with E-state index in [2.05, 4.69) is 5.32 Å². The second kappa shape index (κ2) is 5.88. The van der Waals surface area contributed by atoms with Crippen LogP contribution in [0.15, 0.2) is 10.3 Å². The first-order chi connectivity index (χ1) is 8.96. The van der Waals surface area contributed by atoms with Gasteiger partial charge >= 0.3 is 0 Å². The molecule has 1 saturated heterocycles. The molecule has 0 saturated carbocycles. The number of hydrogen-bond donors (Lipinski definition) is 1. The average molecular weight is 304 g/mol. The van der Waals surface area contributed by atoms with E-state index < -0.39 is 10.0 Å². The first-order valence-corrected chi connectivity index (χ1v) is 8.52. The van der Waals surface area contributed by atoms with Gasteiger partial charge in [0.2, 0.25) is 0 Å². The largest absolute Gasteiger partial charge is 0.380 e. The van der Waals surface area contributed by atoms with E-state index in [1.165, 1.54) is 15.6 Å². The lowest BCUT2D eigenvalue weighted by molar-refractivity contribution is 0.181. The monoisotopic (exact) mass is 304 g/mol. The Kier molecular flexibility index (Phi) is 4.62. The first-order valence-electron chi connectivity index (χ1n) is 6.26. The zero-order valence-corrected chi connectivity index (χ0v) is 13.1. The highest BCUT2D eigenvalue weighted by molar-refractivity contribution is 7.91. The lowest BCUT2D eigenvalue weighted by Gasteiger charge is -2.21. The van der Waals surface area contributed by atoms with Crippen molar-refractivity contribution in [1.29, 1.82) is 0 Å². The number of thiophene rings is 1.